The fraction of sp³-hybridized carbons (Fsp3) is 0.250. The van der Waals surface area contributed by atoms with E-state index in [2.05, 4.69) is 15.9 Å². The van der Waals surface area contributed by atoms with Gasteiger partial charge >= 0.3 is 0 Å². The summed E-state index contributed by atoms with van der Waals surface area (Å²) in [6.07, 6.45) is 6.38. The first-order valence-corrected chi connectivity index (χ1v) is 3.92. The highest BCUT2D eigenvalue weighted by atomic mass is 79.9. The molecular weight excluding hydrogens is 208 g/mol. The van der Waals surface area contributed by atoms with E-state index in [9.17, 15) is 0 Å². The molecule has 0 bridgehead atoms. The molecule has 0 aromatic rings. The average Bonchev–Trinajstić information content (AvgIpc) is 2.05. The predicted molar refractivity (Wildman–Crippen MR) is 49.5 cm³/mol. The molecule has 0 rings (SSSR count). The summed E-state index contributed by atoms with van der Waals surface area (Å²) in [7, 11) is 1.54. The van der Waals surface area contributed by atoms with Crippen molar-refractivity contribution in [3.05, 3.63) is 34.7 Å². The zero-order valence-electron chi connectivity index (χ0n) is 6.54. The monoisotopic (exact) mass is 218 g/mol. The summed E-state index contributed by atoms with van der Waals surface area (Å²) in [5.41, 5.74) is 0. The number of methoxy groups -OCH3 is 1. The zero-order chi connectivity index (χ0) is 8.69. The number of halogens is 1. The number of hydrogen-bond donors (Lipinski definition) is 1. The average molecular weight is 219 g/mol. The van der Waals surface area contributed by atoms with Gasteiger partial charge in [-0.1, -0.05) is 12.2 Å². The first-order chi connectivity index (χ1) is 5.26. The molecule has 0 aliphatic rings. The number of aliphatic hydroxyl groups is 1. The Labute approximate surface area is 75.0 Å². The predicted octanol–water partition coefficient (Wildman–Crippen LogP) is 2.89. The summed E-state index contributed by atoms with van der Waals surface area (Å²) >= 11 is 3.12. The molecule has 2 nitrogen and oxygen atoms in total. The van der Waals surface area contributed by atoms with E-state index in [4.69, 9.17) is 9.84 Å². The first-order valence-electron chi connectivity index (χ1n) is 3.13. The zero-order valence-corrected chi connectivity index (χ0v) is 8.13. The summed E-state index contributed by atoms with van der Waals surface area (Å²) in [5, 5.41) is 8.58. The first kappa shape index (κ1) is 10.3. The largest absolute Gasteiger partial charge is 0.514 e. The molecule has 0 saturated heterocycles. The molecule has 0 radical (unpaired) electrons. The van der Waals surface area contributed by atoms with Crippen molar-refractivity contribution in [3.63, 3.8) is 0 Å². The van der Waals surface area contributed by atoms with Crippen molar-refractivity contribution in [2.45, 2.75) is 6.92 Å². The van der Waals surface area contributed by atoms with Crippen LogP contribution < -0.4 is 0 Å². The van der Waals surface area contributed by atoms with Gasteiger partial charge in [0, 0.05) is 0 Å². The lowest BCUT2D eigenvalue weighted by Gasteiger charge is -2.01. The maximum Gasteiger partial charge on any atom is 0.136 e. The lowest BCUT2D eigenvalue weighted by atomic mass is 10.4. The minimum atomic E-state index is 0.526. The summed E-state index contributed by atoms with van der Waals surface area (Å²) in [6, 6.07) is 0. The molecule has 0 unspecified atom stereocenters. The number of aliphatic hydroxyl groups excluding tert-OH is 1. The van der Waals surface area contributed by atoms with Crippen LogP contribution in [0.25, 0.3) is 0 Å². The lowest BCUT2D eigenvalue weighted by Crippen LogP contribution is -1.85. The van der Waals surface area contributed by atoms with Crippen molar-refractivity contribution >= 4 is 15.9 Å². The fourth-order valence-corrected chi connectivity index (χ4v) is 0.786. The van der Waals surface area contributed by atoms with Crippen LogP contribution in [0.15, 0.2) is 34.7 Å². The molecule has 0 heterocycles. The van der Waals surface area contributed by atoms with Gasteiger partial charge < -0.3 is 9.84 Å². The standard InChI is InChI=1S/C8H11BrO2/c1-3-4-5-8(11-2)7(9)6-10/h3-6,10H,1-2H3/b4-3-,7-6-,8-5+. The van der Waals surface area contributed by atoms with Crippen LogP contribution in [0.4, 0.5) is 0 Å². The molecule has 0 spiro atoms. The Kier molecular flexibility index (Phi) is 5.65. The van der Waals surface area contributed by atoms with Crippen LogP contribution in [-0.4, -0.2) is 12.2 Å². The number of ether oxygens (including phenoxy) is 1. The van der Waals surface area contributed by atoms with Crippen LogP contribution in [0, 0.1) is 0 Å². The quantitative estimate of drug-likeness (QED) is 0.584. The summed E-state index contributed by atoms with van der Waals surface area (Å²) in [5.74, 6) is 0.589. The molecule has 0 aliphatic heterocycles. The highest BCUT2D eigenvalue weighted by Crippen LogP contribution is 2.16. The van der Waals surface area contributed by atoms with Gasteiger partial charge in [0.25, 0.3) is 0 Å². The highest BCUT2D eigenvalue weighted by Gasteiger charge is 1.97. The Hall–Kier alpha value is -0.700. The Balaban J connectivity index is 4.39. The van der Waals surface area contributed by atoms with Gasteiger partial charge in [-0.05, 0) is 28.9 Å². The van der Waals surface area contributed by atoms with E-state index in [1.165, 1.54) is 0 Å². The van der Waals surface area contributed by atoms with E-state index < -0.39 is 0 Å². The van der Waals surface area contributed by atoms with Crippen molar-refractivity contribution in [1.29, 1.82) is 0 Å². The van der Waals surface area contributed by atoms with E-state index in [0.29, 0.717) is 10.2 Å². The minimum Gasteiger partial charge on any atom is -0.514 e. The normalized spacial score (nSPS) is 14.1. The maximum atomic E-state index is 8.58. The van der Waals surface area contributed by atoms with Crippen LogP contribution in [0.5, 0.6) is 0 Å². The van der Waals surface area contributed by atoms with Crippen molar-refractivity contribution in [2.24, 2.45) is 0 Å². The van der Waals surface area contributed by atoms with Gasteiger partial charge in [-0.3, -0.25) is 0 Å². The second-order valence-electron chi connectivity index (χ2n) is 1.74. The smallest absolute Gasteiger partial charge is 0.136 e. The van der Waals surface area contributed by atoms with E-state index in [1.54, 1.807) is 13.2 Å². The van der Waals surface area contributed by atoms with Gasteiger partial charge in [0.15, 0.2) is 0 Å². The Morgan fingerprint density at radius 2 is 2.18 bits per heavy atom. The number of allylic oxidation sites excluding steroid dienone is 4. The van der Waals surface area contributed by atoms with Gasteiger partial charge in [0.1, 0.15) is 5.76 Å². The van der Waals surface area contributed by atoms with Crippen molar-refractivity contribution in [3.8, 4) is 0 Å². The van der Waals surface area contributed by atoms with Gasteiger partial charge in [-0.25, -0.2) is 0 Å². The topological polar surface area (TPSA) is 29.5 Å². The molecule has 0 fully saturated rings. The number of hydrogen-bond acceptors (Lipinski definition) is 2. The van der Waals surface area contributed by atoms with Gasteiger partial charge in [-0.15, -0.1) is 0 Å². The van der Waals surface area contributed by atoms with Crippen molar-refractivity contribution in [1.82, 2.24) is 0 Å². The molecule has 1 N–H and O–H groups in total. The highest BCUT2D eigenvalue weighted by molar-refractivity contribution is 9.11. The molecule has 0 aromatic heterocycles. The molecular formula is C8H11BrO2. The SMILES string of the molecule is C\C=C/C=C(OC)\C(Br)=C\O. The minimum absolute atomic E-state index is 0.526. The summed E-state index contributed by atoms with van der Waals surface area (Å²) in [4.78, 5) is 0. The van der Waals surface area contributed by atoms with Crippen LogP contribution >= 0.6 is 15.9 Å². The second-order valence-corrected chi connectivity index (χ2v) is 2.59. The lowest BCUT2D eigenvalue weighted by molar-refractivity contribution is 0.303. The molecule has 11 heavy (non-hydrogen) atoms. The van der Waals surface area contributed by atoms with Crippen molar-refractivity contribution < 1.29 is 9.84 Å². The van der Waals surface area contributed by atoms with Crippen molar-refractivity contribution in [2.75, 3.05) is 7.11 Å². The number of rotatable bonds is 3. The van der Waals surface area contributed by atoms with Crippen LogP contribution in [0.3, 0.4) is 0 Å². The molecule has 0 atom stereocenters. The molecule has 3 heteroatoms. The van der Waals surface area contributed by atoms with E-state index in [-0.39, 0.29) is 0 Å². The second kappa shape index (κ2) is 6.04. The Morgan fingerprint density at radius 3 is 2.55 bits per heavy atom. The third-order valence-electron chi connectivity index (χ3n) is 1.01. The molecule has 62 valence electrons. The van der Waals surface area contributed by atoms with Gasteiger partial charge in [0.05, 0.1) is 17.9 Å². The van der Waals surface area contributed by atoms with Gasteiger partial charge in [0.2, 0.25) is 0 Å². The van der Waals surface area contributed by atoms with E-state index >= 15 is 0 Å². The Morgan fingerprint density at radius 1 is 1.55 bits per heavy atom. The molecule has 0 aromatic carbocycles. The molecule has 0 amide bonds. The van der Waals surface area contributed by atoms with Crippen LogP contribution in [-0.2, 0) is 4.74 Å². The van der Waals surface area contributed by atoms with Crippen LogP contribution in [0.1, 0.15) is 6.92 Å². The fourth-order valence-electron chi connectivity index (χ4n) is 0.492. The van der Waals surface area contributed by atoms with E-state index in [0.717, 1.165) is 6.26 Å². The molecule has 0 saturated carbocycles. The third kappa shape index (κ3) is 3.88. The van der Waals surface area contributed by atoms with Crippen LogP contribution in [0.2, 0.25) is 0 Å². The third-order valence-corrected chi connectivity index (χ3v) is 1.60. The van der Waals surface area contributed by atoms with E-state index in [1.807, 2.05) is 19.1 Å². The Bertz CT molecular complexity index is 192. The summed E-state index contributed by atoms with van der Waals surface area (Å²) < 4.78 is 5.47. The summed E-state index contributed by atoms with van der Waals surface area (Å²) in [6.45, 7) is 1.90. The van der Waals surface area contributed by atoms with Gasteiger partial charge in [-0.2, -0.15) is 0 Å². The molecule has 0 aliphatic carbocycles. The maximum absolute atomic E-state index is 8.58.